The summed E-state index contributed by atoms with van der Waals surface area (Å²) < 4.78 is 50.1. The Hall–Kier alpha value is -1.30. The predicted molar refractivity (Wildman–Crippen MR) is 54.1 cm³/mol. The molecule has 17 heavy (non-hydrogen) atoms. The van der Waals surface area contributed by atoms with Gasteiger partial charge < -0.3 is 5.32 Å². The summed E-state index contributed by atoms with van der Waals surface area (Å²) >= 11 is 5.63. The zero-order valence-electron chi connectivity index (χ0n) is 8.61. The number of hydrogen-bond donors (Lipinski definition) is 1. The molecule has 1 aromatic carbocycles. The van der Waals surface area contributed by atoms with Crippen molar-refractivity contribution in [2.45, 2.75) is 11.6 Å². The molecule has 0 bridgehead atoms. The Morgan fingerprint density at radius 1 is 1.41 bits per heavy atom. The van der Waals surface area contributed by atoms with Gasteiger partial charge in [-0.1, -0.05) is 6.07 Å². The van der Waals surface area contributed by atoms with Crippen LogP contribution in [0.25, 0.3) is 0 Å². The first kappa shape index (κ1) is 13.8. The highest BCUT2D eigenvalue weighted by atomic mass is 35.5. The SMILES string of the molecule is CNC(=O)C(Cl)c1ccc(F)c(C(F)(F)F)c1. The van der Waals surface area contributed by atoms with Gasteiger partial charge in [0.15, 0.2) is 0 Å². The Balaban J connectivity index is 3.17. The summed E-state index contributed by atoms with van der Waals surface area (Å²) in [4.78, 5) is 11.1. The Bertz CT molecular complexity index is 433. The maximum absolute atomic E-state index is 12.9. The number of hydrogen-bond acceptors (Lipinski definition) is 1. The zero-order chi connectivity index (χ0) is 13.2. The number of rotatable bonds is 2. The first-order valence-corrected chi connectivity index (χ1v) is 4.93. The summed E-state index contributed by atoms with van der Waals surface area (Å²) in [6.07, 6.45) is -4.82. The maximum Gasteiger partial charge on any atom is 0.419 e. The first-order valence-electron chi connectivity index (χ1n) is 4.49. The second-order valence-electron chi connectivity index (χ2n) is 3.21. The van der Waals surface area contributed by atoms with Gasteiger partial charge in [0.2, 0.25) is 5.91 Å². The zero-order valence-corrected chi connectivity index (χ0v) is 9.36. The molecule has 0 aliphatic rings. The van der Waals surface area contributed by atoms with Gasteiger partial charge in [-0.3, -0.25) is 4.79 Å². The highest BCUT2D eigenvalue weighted by Gasteiger charge is 2.35. The molecule has 0 aliphatic carbocycles. The molecule has 1 atom stereocenters. The van der Waals surface area contributed by atoms with Crippen LogP contribution in [0, 0.1) is 5.82 Å². The molecule has 1 N–H and O–H groups in total. The van der Waals surface area contributed by atoms with Crippen molar-refractivity contribution in [2.75, 3.05) is 7.05 Å². The molecule has 0 saturated heterocycles. The molecule has 1 unspecified atom stereocenters. The highest BCUT2D eigenvalue weighted by Crippen LogP contribution is 2.34. The van der Waals surface area contributed by atoms with E-state index < -0.39 is 28.8 Å². The fraction of sp³-hybridized carbons (Fsp3) is 0.300. The molecule has 1 rings (SSSR count). The predicted octanol–water partition coefficient (Wildman–Crippen LogP) is 2.87. The third kappa shape index (κ3) is 3.09. The van der Waals surface area contributed by atoms with Crippen molar-refractivity contribution >= 4 is 17.5 Å². The smallest absolute Gasteiger partial charge is 0.358 e. The maximum atomic E-state index is 12.9. The largest absolute Gasteiger partial charge is 0.419 e. The summed E-state index contributed by atoms with van der Waals surface area (Å²) in [5.41, 5.74) is -1.55. The van der Waals surface area contributed by atoms with Gasteiger partial charge in [0.05, 0.1) is 5.56 Å². The van der Waals surface area contributed by atoms with Crippen molar-refractivity contribution in [1.29, 1.82) is 0 Å². The minimum Gasteiger partial charge on any atom is -0.358 e. The van der Waals surface area contributed by atoms with Crippen LogP contribution >= 0.6 is 11.6 Å². The van der Waals surface area contributed by atoms with Crippen molar-refractivity contribution in [3.05, 3.63) is 35.1 Å². The molecule has 0 aliphatic heterocycles. The third-order valence-electron chi connectivity index (χ3n) is 2.07. The number of likely N-dealkylation sites (N-methyl/N-ethyl adjacent to an activating group) is 1. The van der Waals surface area contributed by atoms with Crippen LogP contribution in [0.2, 0.25) is 0 Å². The quantitative estimate of drug-likeness (QED) is 0.649. The van der Waals surface area contributed by atoms with Crippen LogP contribution in [-0.2, 0) is 11.0 Å². The Kier molecular flexibility index (Phi) is 3.98. The molecule has 0 aromatic heterocycles. The van der Waals surface area contributed by atoms with Crippen LogP contribution in [0.1, 0.15) is 16.5 Å². The average Bonchev–Trinajstić information content (AvgIpc) is 2.26. The van der Waals surface area contributed by atoms with Gasteiger partial charge in [-0.2, -0.15) is 13.2 Å². The third-order valence-corrected chi connectivity index (χ3v) is 2.52. The van der Waals surface area contributed by atoms with Crippen molar-refractivity contribution in [1.82, 2.24) is 5.32 Å². The van der Waals surface area contributed by atoms with Gasteiger partial charge in [-0.05, 0) is 17.7 Å². The Morgan fingerprint density at radius 3 is 2.47 bits per heavy atom. The average molecular weight is 270 g/mol. The molecule has 7 heteroatoms. The van der Waals surface area contributed by atoms with Crippen LogP contribution < -0.4 is 5.32 Å². The van der Waals surface area contributed by atoms with E-state index in [4.69, 9.17) is 11.6 Å². The molecule has 0 radical (unpaired) electrons. The van der Waals surface area contributed by atoms with Gasteiger partial charge in [0.1, 0.15) is 11.2 Å². The molecular formula is C10H8ClF4NO. The lowest BCUT2D eigenvalue weighted by Crippen LogP contribution is -2.23. The number of alkyl halides is 4. The van der Waals surface area contributed by atoms with Crippen LogP contribution in [0.4, 0.5) is 17.6 Å². The molecule has 0 spiro atoms. The van der Waals surface area contributed by atoms with E-state index in [2.05, 4.69) is 5.32 Å². The normalized spacial score (nSPS) is 13.3. The van der Waals surface area contributed by atoms with E-state index in [9.17, 15) is 22.4 Å². The standard InChI is InChI=1S/C10H8ClF4NO/c1-16-9(17)8(11)5-2-3-7(12)6(4-5)10(13,14)15/h2-4,8H,1H3,(H,16,17). The van der Waals surface area contributed by atoms with Crippen molar-refractivity contribution in [3.63, 3.8) is 0 Å². The van der Waals surface area contributed by atoms with Gasteiger partial charge in [-0.15, -0.1) is 11.6 Å². The fourth-order valence-corrected chi connectivity index (χ4v) is 1.44. The van der Waals surface area contributed by atoms with E-state index in [1.54, 1.807) is 0 Å². The van der Waals surface area contributed by atoms with Crippen molar-refractivity contribution < 1.29 is 22.4 Å². The highest BCUT2D eigenvalue weighted by molar-refractivity contribution is 6.30. The molecule has 1 aromatic rings. The van der Waals surface area contributed by atoms with E-state index in [0.717, 1.165) is 6.07 Å². The second kappa shape index (κ2) is 4.91. The minimum atomic E-state index is -4.82. The van der Waals surface area contributed by atoms with Gasteiger partial charge >= 0.3 is 6.18 Å². The molecule has 94 valence electrons. The summed E-state index contributed by atoms with van der Waals surface area (Å²) in [5, 5.41) is 0.900. The van der Waals surface area contributed by atoms with E-state index in [0.29, 0.717) is 12.1 Å². The first-order chi connectivity index (χ1) is 7.77. The number of nitrogens with one attached hydrogen (secondary N) is 1. The molecule has 0 fully saturated rings. The summed E-state index contributed by atoms with van der Waals surface area (Å²) in [5.74, 6) is -2.06. The lowest BCUT2D eigenvalue weighted by atomic mass is 10.1. The molecule has 2 nitrogen and oxygen atoms in total. The van der Waals surface area contributed by atoms with Crippen molar-refractivity contribution in [2.24, 2.45) is 0 Å². The molecule has 0 heterocycles. The number of carbonyl (C=O) groups is 1. The number of halogens is 5. The summed E-state index contributed by atoms with van der Waals surface area (Å²) in [7, 11) is 1.30. The summed E-state index contributed by atoms with van der Waals surface area (Å²) in [6.45, 7) is 0. The van der Waals surface area contributed by atoms with E-state index in [1.807, 2.05) is 0 Å². The minimum absolute atomic E-state index is 0.111. The van der Waals surface area contributed by atoms with E-state index >= 15 is 0 Å². The number of amides is 1. The molecular weight excluding hydrogens is 262 g/mol. The lowest BCUT2D eigenvalue weighted by Gasteiger charge is -2.12. The van der Waals surface area contributed by atoms with Gasteiger partial charge in [0.25, 0.3) is 0 Å². The summed E-state index contributed by atoms with van der Waals surface area (Å²) in [6, 6.07) is 2.20. The van der Waals surface area contributed by atoms with E-state index in [-0.39, 0.29) is 5.56 Å². The number of carbonyl (C=O) groups excluding carboxylic acids is 1. The lowest BCUT2D eigenvalue weighted by molar-refractivity contribution is -0.140. The molecule has 1 amide bonds. The Labute approximate surface area is 99.6 Å². The van der Waals surface area contributed by atoms with Crippen LogP contribution in [-0.4, -0.2) is 13.0 Å². The number of benzene rings is 1. The molecule has 0 saturated carbocycles. The van der Waals surface area contributed by atoms with Crippen LogP contribution in [0.3, 0.4) is 0 Å². The second-order valence-corrected chi connectivity index (χ2v) is 3.65. The van der Waals surface area contributed by atoms with Gasteiger partial charge in [0, 0.05) is 7.05 Å². The van der Waals surface area contributed by atoms with Crippen molar-refractivity contribution in [3.8, 4) is 0 Å². The topological polar surface area (TPSA) is 29.1 Å². The fourth-order valence-electron chi connectivity index (χ4n) is 1.20. The monoisotopic (exact) mass is 269 g/mol. The van der Waals surface area contributed by atoms with Crippen LogP contribution in [0.15, 0.2) is 18.2 Å². The van der Waals surface area contributed by atoms with E-state index in [1.165, 1.54) is 7.05 Å². The van der Waals surface area contributed by atoms with Crippen LogP contribution in [0.5, 0.6) is 0 Å². The Morgan fingerprint density at radius 2 is 2.00 bits per heavy atom. The van der Waals surface area contributed by atoms with Gasteiger partial charge in [-0.25, -0.2) is 4.39 Å².